The highest BCUT2D eigenvalue weighted by Gasteiger charge is 2.47. The SMILES string of the molecule is O=S(=O)(c1cccc(C(F)(F)F)c1)C1(CF)CCC(CO)CC1. The average Bonchev–Trinajstić information content (AvgIpc) is 2.54. The molecule has 0 amide bonds. The summed E-state index contributed by atoms with van der Waals surface area (Å²) in [4.78, 5) is -0.507. The lowest BCUT2D eigenvalue weighted by atomic mass is 9.82. The van der Waals surface area contributed by atoms with Gasteiger partial charge >= 0.3 is 6.18 Å². The monoisotopic (exact) mass is 354 g/mol. The van der Waals surface area contributed by atoms with E-state index in [1.165, 1.54) is 0 Å². The van der Waals surface area contributed by atoms with Crippen LogP contribution in [0.5, 0.6) is 0 Å². The molecule has 0 aromatic heterocycles. The van der Waals surface area contributed by atoms with E-state index in [0.29, 0.717) is 18.9 Å². The van der Waals surface area contributed by atoms with Crippen LogP contribution in [0.15, 0.2) is 29.2 Å². The molecule has 0 radical (unpaired) electrons. The topological polar surface area (TPSA) is 54.4 Å². The zero-order chi connectivity index (χ0) is 17.3. The molecule has 0 bridgehead atoms. The Morgan fingerprint density at radius 2 is 1.83 bits per heavy atom. The van der Waals surface area contributed by atoms with Crippen LogP contribution in [0.2, 0.25) is 0 Å². The van der Waals surface area contributed by atoms with E-state index in [9.17, 15) is 26.0 Å². The Morgan fingerprint density at radius 3 is 2.30 bits per heavy atom. The van der Waals surface area contributed by atoms with Gasteiger partial charge in [-0.2, -0.15) is 13.2 Å². The molecule has 1 aliphatic carbocycles. The van der Waals surface area contributed by atoms with Crippen LogP contribution >= 0.6 is 0 Å². The minimum atomic E-state index is -4.66. The molecule has 1 N–H and O–H groups in total. The molecule has 0 aliphatic heterocycles. The first-order valence-corrected chi connectivity index (χ1v) is 8.73. The molecule has 1 aliphatic rings. The summed E-state index contributed by atoms with van der Waals surface area (Å²) < 4.78 is 75.7. The molecule has 1 saturated carbocycles. The summed E-state index contributed by atoms with van der Waals surface area (Å²) >= 11 is 0. The highest BCUT2D eigenvalue weighted by atomic mass is 32.2. The molecular formula is C15H18F4O3S. The summed E-state index contributed by atoms with van der Waals surface area (Å²) in [5.74, 6) is -0.0913. The molecule has 2 rings (SSSR count). The number of alkyl halides is 4. The first-order chi connectivity index (χ1) is 10.7. The second kappa shape index (κ2) is 6.39. The van der Waals surface area contributed by atoms with Crippen molar-refractivity contribution in [3.63, 3.8) is 0 Å². The van der Waals surface area contributed by atoms with Crippen molar-refractivity contribution in [3.8, 4) is 0 Å². The summed E-state index contributed by atoms with van der Waals surface area (Å²) in [5, 5.41) is 9.11. The number of hydrogen-bond donors (Lipinski definition) is 1. The molecule has 0 spiro atoms. The minimum absolute atomic E-state index is 0.00664. The second-order valence-electron chi connectivity index (χ2n) is 5.97. The maximum absolute atomic E-state index is 13.6. The van der Waals surface area contributed by atoms with Crippen molar-refractivity contribution in [2.45, 2.75) is 41.5 Å². The lowest BCUT2D eigenvalue weighted by Crippen LogP contribution is -2.44. The second-order valence-corrected chi connectivity index (χ2v) is 8.32. The van der Waals surface area contributed by atoms with Crippen LogP contribution in [-0.4, -0.2) is 31.6 Å². The quantitative estimate of drug-likeness (QED) is 0.844. The Labute approximate surface area is 132 Å². The molecule has 0 atom stereocenters. The lowest BCUT2D eigenvalue weighted by Gasteiger charge is -2.37. The molecule has 0 saturated heterocycles. The third-order valence-electron chi connectivity index (χ3n) is 4.56. The van der Waals surface area contributed by atoms with Gasteiger partial charge in [-0.05, 0) is 49.8 Å². The predicted molar refractivity (Wildman–Crippen MR) is 76.4 cm³/mol. The van der Waals surface area contributed by atoms with Crippen LogP contribution in [0, 0.1) is 5.92 Å². The number of hydrogen-bond acceptors (Lipinski definition) is 3. The van der Waals surface area contributed by atoms with Gasteiger partial charge in [0.1, 0.15) is 11.4 Å². The fourth-order valence-corrected chi connectivity index (χ4v) is 4.91. The molecule has 8 heteroatoms. The summed E-state index contributed by atoms with van der Waals surface area (Å²) in [7, 11) is -4.24. The van der Waals surface area contributed by atoms with Gasteiger partial charge in [0.15, 0.2) is 9.84 Å². The predicted octanol–water partition coefficient (Wildman–Crippen LogP) is 3.37. The summed E-state index contributed by atoms with van der Waals surface area (Å²) in [6.45, 7) is -1.25. The Kier molecular flexibility index (Phi) is 5.06. The fourth-order valence-electron chi connectivity index (χ4n) is 2.95. The van der Waals surface area contributed by atoms with E-state index in [0.717, 1.165) is 18.2 Å². The van der Waals surface area contributed by atoms with Gasteiger partial charge in [0.2, 0.25) is 0 Å². The molecule has 1 fully saturated rings. The van der Waals surface area contributed by atoms with Crippen LogP contribution in [0.1, 0.15) is 31.2 Å². The maximum Gasteiger partial charge on any atom is 0.416 e. The van der Waals surface area contributed by atoms with Crippen molar-refractivity contribution in [1.29, 1.82) is 0 Å². The lowest BCUT2D eigenvalue weighted by molar-refractivity contribution is -0.137. The van der Waals surface area contributed by atoms with Crippen LogP contribution in [0.3, 0.4) is 0 Å². The largest absolute Gasteiger partial charge is 0.416 e. The van der Waals surface area contributed by atoms with Gasteiger partial charge in [-0.25, -0.2) is 12.8 Å². The van der Waals surface area contributed by atoms with Crippen LogP contribution < -0.4 is 0 Å². The van der Waals surface area contributed by atoms with E-state index < -0.39 is 37.9 Å². The van der Waals surface area contributed by atoms with E-state index >= 15 is 0 Å². The molecule has 0 heterocycles. The van der Waals surface area contributed by atoms with E-state index in [1.807, 2.05) is 0 Å². The number of halogens is 4. The van der Waals surface area contributed by atoms with Crippen molar-refractivity contribution >= 4 is 9.84 Å². The van der Waals surface area contributed by atoms with Crippen LogP contribution in [-0.2, 0) is 16.0 Å². The maximum atomic E-state index is 13.6. The molecule has 130 valence electrons. The van der Waals surface area contributed by atoms with E-state index in [4.69, 9.17) is 5.11 Å². The highest BCUT2D eigenvalue weighted by molar-refractivity contribution is 7.92. The molecule has 3 nitrogen and oxygen atoms in total. The van der Waals surface area contributed by atoms with Crippen molar-refractivity contribution in [2.75, 3.05) is 13.3 Å². The van der Waals surface area contributed by atoms with Gasteiger partial charge < -0.3 is 5.11 Å². The van der Waals surface area contributed by atoms with Gasteiger partial charge in [0, 0.05) is 6.61 Å². The normalized spacial score (nSPS) is 26.2. The van der Waals surface area contributed by atoms with Crippen molar-refractivity contribution < 1.29 is 31.1 Å². The smallest absolute Gasteiger partial charge is 0.396 e. The van der Waals surface area contributed by atoms with E-state index in [2.05, 4.69) is 0 Å². The number of sulfone groups is 1. The first-order valence-electron chi connectivity index (χ1n) is 7.25. The Hall–Kier alpha value is -1.15. The Bertz CT molecular complexity index is 647. The van der Waals surface area contributed by atoms with Gasteiger partial charge in [-0.3, -0.25) is 0 Å². The van der Waals surface area contributed by atoms with E-state index in [-0.39, 0.29) is 25.4 Å². The fraction of sp³-hybridized carbons (Fsp3) is 0.600. The zero-order valence-corrected chi connectivity index (χ0v) is 13.1. The van der Waals surface area contributed by atoms with Gasteiger partial charge in [-0.1, -0.05) is 6.07 Å². The van der Waals surface area contributed by atoms with Crippen LogP contribution in [0.25, 0.3) is 0 Å². The van der Waals surface area contributed by atoms with Gasteiger partial charge in [-0.15, -0.1) is 0 Å². The number of aliphatic hydroxyl groups excluding tert-OH is 1. The average molecular weight is 354 g/mol. The molecule has 1 aromatic carbocycles. The van der Waals surface area contributed by atoms with Gasteiger partial charge in [0.25, 0.3) is 0 Å². The standard InChI is InChI=1S/C15H18F4O3S/c16-10-14(6-4-11(9-20)5-7-14)23(21,22)13-3-1-2-12(8-13)15(17,18)19/h1-3,8,11,20H,4-7,9-10H2. The highest BCUT2D eigenvalue weighted by Crippen LogP contribution is 2.42. The summed E-state index contributed by atoms with van der Waals surface area (Å²) in [6, 6.07) is 3.43. The number of rotatable bonds is 4. The van der Waals surface area contributed by atoms with Crippen molar-refractivity contribution in [2.24, 2.45) is 5.92 Å². The Balaban J connectivity index is 2.41. The third kappa shape index (κ3) is 3.38. The zero-order valence-electron chi connectivity index (χ0n) is 12.3. The molecule has 23 heavy (non-hydrogen) atoms. The minimum Gasteiger partial charge on any atom is -0.396 e. The Morgan fingerprint density at radius 1 is 1.22 bits per heavy atom. The first kappa shape index (κ1) is 18.2. The molecule has 0 unspecified atom stereocenters. The number of benzene rings is 1. The van der Waals surface area contributed by atoms with Gasteiger partial charge in [0.05, 0.1) is 10.5 Å². The third-order valence-corrected chi connectivity index (χ3v) is 7.09. The van der Waals surface area contributed by atoms with Crippen LogP contribution in [0.4, 0.5) is 17.6 Å². The van der Waals surface area contributed by atoms with E-state index in [1.54, 1.807) is 0 Å². The number of aliphatic hydroxyl groups is 1. The van der Waals surface area contributed by atoms with Crippen molar-refractivity contribution in [1.82, 2.24) is 0 Å². The molecule has 1 aromatic rings. The van der Waals surface area contributed by atoms with Crippen molar-refractivity contribution in [3.05, 3.63) is 29.8 Å². The summed E-state index contributed by atoms with van der Waals surface area (Å²) in [6.07, 6.45) is -4.01. The summed E-state index contributed by atoms with van der Waals surface area (Å²) in [5.41, 5.74) is -1.07. The molecular weight excluding hydrogens is 336 g/mol.